The molecule has 0 aliphatic heterocycles. The van der Waals surface area contributed by atoms with Gasteiger partial charge in [0.1, 0.15) is 6.04 Å². The van der Waals surface area contributed by atoms with E-state index in [9.17, 15) is 46.0 Å². The van der Waals surface area contributed by atoms with E-state index < -0.39 is 41.2 Å². The van der Waals surface area contributed by atoms with Crippen molar-refractivity contribution in [2.75, 3.05) is 19.1 Å². The van der Waals surface area contributed by atoms with Gasteiger partial charge in [0.05, 0.1) is 24.1 Å². The number of non-ortho nitro benzene ring substituents is 1. The number of methoxy groups -OCH3 is 1. The zero-order chi connectivity index (χ0) is 38.1. The number of ether oxygens (including phenoxy) is 1. The number of carbonyl (C=O) groups excluding carboxylic acids is 2. The number of carbonyl (C=O) groups is 4. The molecule has 0 saturated carbocycles. The number of aromatic amines is 1. The van der Waals surface area contributed by atoms with E-state index in [4.69, 9.17) is 24.5 Å². The number of amides is 1. The monoisotopic (exact) mass is 739 g/mol. The number of nitro benzene ring substituents is 1. The zero-order valence-electron chi connectivity index (χ0n) is 26.2. The van der Waals surface area contributed by atoms with Crippen LogP contribution in [0.4, 0.5) is 32.0 Å². The van der Waals surface area contributed by atoms with Gasteiger partial charge in [-0.2, -0.15) is 38.1 Å². The molecule has 3 aromatic rings. The Bertz CT molecular complexity index is 1530. The first-order valence-electron chi connectivity index (χ1n) is 13.8. The number of hydrogen-bond acceptors (Lipinski definition) is 10. The third-order valence-corrected chi connectivity index (χ3v) is 6.62. The molecule has 0 fully saturated rings. The highest BCUT2D eigenvalue weighted by atomic mass is 32.2. The molecule has 1 aromatic heterocycles. The summed E-state index contributed by atoms with van der Waals surface area (Å²) in [4.78, 5) is 62.7. The number of nitrogens with one attached hydrogen (secondary N) is 2. The predicted octanol–water partition coefficient (Wildman–Crippen LogP) is 4.81. The average Bonchev–Trinajstić information content (AvgIpc) is 3.55. The first kappa shape index (κ1) is 42.8. The highest BCUT2D eigenvalue weighted by molar-refractivity contribution is 7.98. The second-order valence-corrected chi connectivity index (χ2v) is 10.8. The average molecular weight is 740 g/mol. The molecule has 3 rings (SSSR count). The standard InChI is InChI=1S/C25H29N5O5S.2C2HF3O2/c1-35-25(32)23(10-11-36-2)28-24(31)20-5-3-4-19(12-20)15-29(16-21-13-26-17-27-21)14-18-6-8-22(9-7-18)30(33)34;2*3-2(4,5)1(6)7/h3-9,12-13,17,23H,10-11,14-16H2,1-2H3,(H,26,27)(H,28,31);2*(H,6,7)/t23-;;/m0../s1. The van der Waals surface area contributed by atoms with Crippen molar-refractivity contribution in [1.82, 2.24) is 20.2 Å². The molecule has 14 nitrogen and oxygen atoms in total. The van der Waals surface area contributed by atoms with E-state index in [1.807, 2.05) is 18.5 Å². The van der Waals surface area contributed by atoms with Gasteiger partial charge in [0.25, 0.3) is 11.6 Å². The Kier molecular flexibility index (Phi) is 17.4. The van der Waals surface area contributed by atoms with Crippen LogP contribution in [0.5, 0.6) is 0 Å². The molecule has 1 atom stereocenters. The van der Waals surface area contributed by atoms with Crippen LogP contribution in [0.2, 0.25) is 0 Å². The van der Waals surface area contributed by atoms with Crippen molar-refractivity contribution in [2.45, 2.75) is 44.4 Å². The summed E-state index contributed by atoms with van der Waals surface area (Å²) in [5.74, 6) is -5.62. The lowest BCUT2D eigenvalue weighted by Crippen LogP contribution is -2.42. The summed E-state index contributed by atoms with van der Waals surface area (Å²) in [7, 11) is 1.31. The molecule has 0 aliphatic carbocycles. The van der Waals surface area contributed by atoms with E-state index in [1.54, 1.807) is 48.4 Å². The van der Waals surface area contributed by atoms with Crippen LogP contribution in [0.3, 0.4) is 0 Å². The number of hydrogen-bond donors (Lipinski definition) is 4. The maximum Gasteiger partial charge on any atom is 0.490 e. The highest BCUT2D eigenvalue weighted by Crippen LogP contribution is 2.18. The fourth-order valence-corrected chi connectivity index (χ4v) is 4.16. The molecule has 0 saturated heterocycles. The molecule has 21 heteroatoms. The minimum atomic E-state index is -5.08. The Morgan fingerprint density at radius 1 is 0.980 bits per heavy atom. The highest BCUT2D eigenvalue weighted by Gasteiger charge is 2.38. The SMILES string of the molecule is COC(=O)[C@H](CCSC)NC(=O)c1cccc(CN(Cc2ccc([N+](=O)[O-])cc2)Cc2c[nH]cn2)c1.O=C(O)C(F)(F)F.O=C(O)C(F)(F)F. The summed E-state index contributed by atoms with van der Waals surface area (Å²) < 4.78 is 68.3. The summed E-state index contributed by atoms with van der Waals surface area (Å²) in [6, 6.07) is 13.0. The van der Waals surface area contributed by atoms with Gasteiger partial charge in [-0.15, -0.1) is 0 Å². The maximum atomic E-state index is 12.9. The fourth-order valence-electron chi connectivity index (χ4n) is 3.69. The molecule has 50 heavy (non-hydrogen) atoms. The molecular formula is C29H31F6N5O9S. The van der Waals surface area contributed by atoms with Gasteiger partial charge in [0, 0.05) is 43.5 Å². The van der Waals surface area contributed by atoms with Gasteiger partial charge in [-0.25, -0.2) is 19.4 Å². The van der Waals surface area contributed by atoms with Crippen LogP contribution in [-0.4, -0.2) is 91.3 Å². The number of carboxylic acid groups (broad SMARTS) is 2. The van der Waals surface area contributed by atoms with E-state index in [0.29, 0.717) is 37.4 Å². The van der Waals surface area contributed by atoms with Crippen LogP contribution in [0, 0.1) is 10.1 Å². The number of benzene rings is 2. The van der Waals surface area contributed by atoms with Crippen molar-refractivity contribution >= 4 is 41.3 Å². The Hall–Kier alpha value is -5.18. The normalized spacial score (nSPS) is 11.6. The van der Waals surface area contributed by atoms with Crippen LogP contribution in [0.25, 0.3) is 0 Å². The van der Waals surface area contributed by atoms with Crippen molar-refractivity contribution < 1.29 is 65.4 Å². The van der Waals surface area contributed by atoms with Gasteiger partial charge < -0.3 is 25.3 Å². The van der Waals surface area contributed by atoms with Crippen LogP contribution in [-0.2, 0) is 38.8 Å². The maximum absolute atomic E-state index is 12.9. The first-order valence-corrected chi connectivity index (χ1v) is 15.2. The molecule has 274 valence electrons. The number of rotatable bonds is 13. The first-order chi connectivity index (χ1) is 23.3. The van der Waals surface area contributed by atoms with Crippen molar-refractivity contribution in [3.63, 3.8) is 0 Å². The molecule has 2 aromatic carbocycles. The second-order valence-electron chi connectivity index (χ2n) is 9.77. The second kappa shape index (κ2) is 20.4. The summed E-state index contributed by atoms with van der Waals surface area (Å²) in [5.41, 5.74) is 3.15. The Morgan fingerprint density at radius 2 is 1.54 bits per heavy atom. The molecular weight excluding hydrogens is 708 g/mol. The number of esters is 1. The van der Waals surface area contributed by atoms with Crippen LogP contribution in [0.1, 0.15) is 33.6 Å². The molecule has 1 amide bonds. The van der Waals surface area contributed by atoms with E-state index in [1.165, 1.54) is 19.2 Å². The molecule has 0 radical (unpaired) electrons. The van der Waals surface area contributed by atoms with Gasteiger partial charge in [0.15, 0.2) is 0 Å². The quantitative estimate of drug-likeness (QED) is 0.0807. The minimum Gasteiger partial charge on any atom is -0.475 e. The molecule has 0 unspecified atom stereocenters. The third kappa shape index (κ3) is 16.3. The van der Waals surface area contributed by atoms with Crippen LogP contribution >= 0.6 is 11.8 Å². The van der Waals surface area contributed by atoms with Gasteiger partial charge in [-0.05, 0) is 41.7 Å². The predicted molar refractivity (Wildman–Crippen MR) is 165 cm³/mol. The number of nitrogens with zero attached hydrogens (tertiary/aromatic N) is 3. The summed E-state index contributed by atoms with van der Waals surface area (Å²) in [5, 5.41) is 28.0. The number of imidazole rings is 1. The van der Waals surface area contributed by atoms with Crippen molar-refractivity contribution in [3.8, 4) is 0 Å². The van der Waals surface area contributed by atoms with Crippen molar-refractivity contribution in [2.24, 2.45) is 0 Å². The van der Waals surface area contributed by atoms with E-state index >= 15 is 0 Å². The zero-order valence-corrected chi connectivity index (χ0v) is 27.0. The van der Waals surface area contributed by atoms with Gasteiger partial charge in [0.2, 0.25) is 0 Å². The van der Waals surface area contributed by atoms with E-state index in [0.717, 1.165) is 16.8 Å². The minimum absolute atomic E-state index is 0.0408. The fraction of sp³-hybridized carbons (Fsp3) is 0.345. The van der Waals surface area contributed by atoms with E-state index in [2.05, 4.69) is 20.2 Å². The smallest absolute Gasteiger partial charge is 0.475 e. The molecule has 0 aliphatic rings. The molecule has 1 heterocycles. The summed E-state index contributed by atoms with van der Waals surface area (Å²) >= 11 is 1.59. The summed E-state index contributed by atoms with van der Waals surface area (Å²) in [6.07, 6.45) is -4.33. The Morgan fingerprint density at radius 3 is 2.00 bits per heavy atom. The number of carboxylic acids is 2. The number of halogens is 6. The van der Waals surface area contributed by atoms with Gasteiger partial charge in [-0.1, -0.05) is 24.3 Å². The number of alkyl halides is 6. The number of aromatic nitrogens is 2. The number of nitro groups is 1. The lowest BCUT2D eigenvalue weighted by atomic mass is 10.1. The van der Waals surface area contributed by atoms with E-state index in [-0.39, 0.29) is 11.6 Å². The molecule has 0 bridgehead atoms. The molecule has 4 N–H and O–H groups in total. The largest absolute Gasteiger partial charge is 0.490 e. The van der Waals surface area contributed by atoms with Crippen LogP contribution in [0.15, 0.2) is 61.1 Å². The molecule has 0 spiro atoms. The van der Waals surface area contributed by atoms with Gasteiger partial charge in [-0.3, -0.25) is 19.8 Å². The Balaban J connectivity index is 0.000000748. The van der Waals surface area contributed by atoms with Crippen molar-refractivity contribution in [1.29, 1.82) is 0 Å². The number of thioether (sulfide) groups is 1. The van der Waals surface area contributed by atoms with Gasteiger partial charge >= 0.3 is 30.3 Å². The number of aliphatic carboxylic acids is 2. The van der Waals surface area contributed by atoms with Crippen molar-refractivity contribution in [3.05, 3.63) is 93.6 Å². The number of H-pyrrole nitrogens is 1. The summed E-state index contributed by atoms with van der Waals surface area (Å²) in [6.45, 7) is 1.58. The third-order valence-electron chi connectivity index (χ3n) is 5.98. The lowest BCUT2D eigenvalue weighted by molar-refractivity contribution is -0.384. The topological polar surface area (TPSA) is 205 Å². The lowest BCUT2D eigenvalue weighted by Gasteiger charge is -2.22. The Labute approximate surface area is 284 Å². The van der Waals surface area contributed by atoms with Crippen LogP contribution < -0.4 is 5.32 Å².